The van der Waals surface area contributed by atoms with Crippen LogP contribution in [0.4, 0.5) is 5.69 Å². The van der Waals surface area contributed by atoms with Gasteiger partial charge in [-0.05, 0) is 42.3 Å². The van der Waals surface area contributed by atoms with Crippen molar-refractivity contribution in [2.45, 2.75) is 18.4 Å². The summed E-state index contributed by atoms with van der Waals surface area (Å²) in [6.45, 7) is 2.35. The summed E-state index contributed by atoms with van der Waals surface area (Å²) >= 11 is 2.99. The Balaban J connectivity index is 2.21. The van der Waals surface area contributed by atoms with Gasteiger partial charge in [0, 0.05) is 15.8 Å². The third kappa shape index (κ3) is 3.62. The lowest BCUT2D eigenvalue weighted by molar-refractivity contribution is -0.385. The average Bonchev–Trinajstić information content (AvgIpc) is 2.89. The van der Waals surface area contributed by atoms with Gasteiger partial charge in [-0.2, -0.15) is 0 Å². The summed E-state index contributed by atoms with van der Waals surface area (Å²) in [5, 5.41) is 15.7. The Morgan fingerprint density at radius 1 is 1.43 bits per heavy atom. The third-order valence-corrected chi connectivity index (χ3v) is 4.77. The normalized spacial score (nSPS) is 10.4. The van der Waals surface area contributed by atoms with Crippen LogP contribution in [-0.2, 0) is 6.54 Å². The molecular formula is C14H14N2O3S2. The SMILES string of the molecule is CSc1ccc([N+](=O)[O-])c(C(=O)NCc2sccc2C)c1. The lowest BCUT2D eigenvalue weighted by Gasteiger charge is -2.07. The molecule has 1 heterocycles. The highest BCUT2D eigenvalue weighted by atomic mass is 32.2. The first-order chi connectivity index (χ1) is 10.0. The molecule has 1 aromatic heterocycles. The monoisotopic (exact) mass is 322 g/mol. The van der Waals surface area contributed by atoms with E-state index in [1.165, 1.54) is 17.8 Å². The van der Waals surface area contributed by atoms with E-state index in [9.17, 15) is 14.9 Å². The van der Waals surface area contributed by atoms with E-state index in [0.717, 1.165) is 15.3 Å². The van der Waals surface area contributed by atoms with Gasteiger partial charge >= 0.3 is 0 Å². The van der Waals surface area contributed by atoms with E-state index in [1.54, 1.807) is 23.5 Å². The molecule has 0 aliphatic heterocycles. The molecule has 21 heavy (non-hydrogen) atoms. The molecule has 1 N–H and O–H groups in total. The average molecular weight is 322 g/mol. The quantitative estimate of drug-likeness (QED) is 0.518. The van der Waals surface area contributed by atoms with Crippen molar-refractivity contribution in [2.24, 2.45) is 0 Å². The molecule has 0 saturated carbocycles. The molecule has 0 bridgehead atoms. The third-order valence-electron chi connectivity index (χ3n) is 3.02. The molecule has 0 radical (unpaired) electrons. The van der Waals surface area contributed by atoms with Crippen molar-refractivity contribution in [1.82, 2.24) is 5.32 Å². The largest absolute Gasteiger partial charge is 0.347 e. The van der Waals surface area contributed by atoms with E-state index in [4.69, 9.17) is 0 Å². The maximum absolute atomic E-state index is 12.2. The van der Waals surface area contributed by atoms with Crippen molar-refractivity contribution in [3.63, 3.8) is 0 Å². The first kappa shape index (κ1) is 15.5. The molecule has 0 unspecified atom stereocenters. The molecule has 0 fully saturated rings. The van der Waals surface area contributed by atoms with E-state index in [1.807, 2.05) is 24.6 Å². The number of hydrogen-bond acceptors (Lipinski definition) is 5. The van der Waals surface area contributed by atoms with Crippen molar-refractivity contribution in [3.05, 3.63) is 55.8 Å². The van der Waals surface area contributed by atoms with Gasteiger partial charge in [0.2, 0.25) is 0 Å². The van der Waals surface area contributed by atoms with Crippen LogP contribution in [0.2, 0.25) is 0 Å². The van der Waals surface area contributed by atoms with Crippen LogP contribution in [0.25, 0.3) is 0 Å². The zero-order valence-corrected chi connectivity index (χ0v) is 13.2. The highest BCUT2D eigenvalue weighted by Gasteiger charge is 2.20. The minimum absolute atomic E-state index is 0.0982. The molecule has 7 heteroatoms. The maximum atomic E-state index is 12.2. The van der Waals surface area contributed by atoms with Crippen molar-refractivity contribution in [1.29, 1.82) is 0 Å². The number of nitrogens with one attached hydrogen (secondary N) is 1. The van der Waals surface area contributed by atoms with Crippen LogP contribution in [0, 0.1) is 17.0 Å². The summed E-state index contributed by atoms with van der Waals surface area (Å²) in [4.78, 5) is 24.6. The number of nitro benzene ring substituents is 1. The molecule has 110 valence electrons. The predicted octanol–water partition coefficient (Wildman–Crippen LogP) is 3.62. The molecule has 5 nitrogen and oxygen atoms in total. The number of rotatable bonds is 5. The number of aryl methyl sites for hydroxylation is 1. The van der Waals surface area contributed by atoms with Gasteiger partial charge in [-0.3, -0.25) is 14.9 Å². The number of carbonyl (C=O) groups excluding carboxylic acids is 1. The Morgan fingerprint density at radius 3 is 2.76 bits per heavy atom. The van der Waals surface area contributed by atoms with Gasteiger partial charge in [-0.15, -0.1) is 23.1 Å². The molecule has 0 atom stereocenters. The second-order valence-electron chi connectivity index (χ2n) is 4.35. The van der Waals surface area contributed by atoms with Crippen LogP contribution in [-0.4, -0.2) is 17.1 Å². The molecular weight excluding hydrogens is 308 g/mol. The molecule has 0 saturated heterocycles. The van der Waals surface area contributed by atoms with Crippen molar-refractivity contribution >= 4 is 34.7 Å². The molecule has 1 amide bonds. The van der Waals surface area contributed by atoms with Crippen LogP contribution in [0.15, 0.2) is 34.5 Å². The topological polar surface area (TPSA) is 72.2 Å². The Bertz CT molecular complexity index is 683. The maximum Gasteiger partial charge on any atom is 0.282 e. The summed E-state index contributed by atoms with van der Waals surface area (Å²) in [6.07, 6.45) is 1.86. The minimum Gasteiger partial charge on any atom is -0.347 e. The zero-order chi connectivity index (χ0) is 15.4. The van der Waals surface area contributed by atoms with Crippen LogP contribution in [0.3, 0.4) is 0 Å². The van der Waals surface area contributed by atoms with Gasteiger partial charge in [-0.25, -0.2) is 0 Å². The first-order valence-corrected chi connectivity index (χ1v) is 8.27. The van der Waals surface area contributed by atoms with E-state index in [-0.39, 0.29) is 11.3 Å². The van der Waals surface area contributed by atoms with Gasteiger partial charge in [0.1, 0.15) is 5.56 Å². The fraction of sp³-hybridized carbons (Fsp3) is 0.214. The number of thioether (sulfide) groups is 1. The lowest BCUT2D eigenvalue weighted by atomic mass is 10.1. The zero-order valence-electron chi connectivity index (χ0n) is 11.6. The van der Waals surface area contributed by atoms with Gasteiger partial charge in [0.15, 0.2) is 0 Å². The number of hydrogen-bond donors (Lipinski definition) is 1. The van der Waals surface area contributed by atoms with Crippen LogP contribution in [0.5, 0.6) is 0 Å². The van der Waals surface area contributed by atoms with Crippen molar-refractivity contribution < 1.29 is 9.72 Å². The van der Waals surface area contributed by atoms with Gasteiger partial charge in [-0.1, -0.05) is 0 Å². The summed E-state index contributed by atoms with van der Waals surface area (Å²) in [6, 6.07) is 6.54. The molecule has 2 aromatic rings. The van der Waals surface area contributed by atoms with E-state index in [2.05, 4.69) is 5.32 Å². The predicted molar refractivity (Wildman–Crippen MR) is 85.1 cm³/mol. The van der Waals surface area contributed by atoms with Gasteiger partial charge in [0.05, 0.1) is 11.5 Å². The molecule has 0 aliphatic rings. The molecule has 2 rings (SSSR count). The summed E-state index contributed by atoms with van der Waals surface area (Å²) in [7, 11) is 0. The number of nitrogens with zero attached hydrogens (tertiary/aromatic N) is 1. The Morgan fingerprint density at radius 2 is 2.19 bits per heavy atom. The Hall–Kier alpha value is -1.86. The minimum atomic E-state index is -0.532. The molecule has 0 spiro atoms. The Kier molecular flexibility index (Phi) is 4.98. The van der Waals surface area contributed by atoms with E-state index in [0.29, 0.717) is 6.54 Å². The number of nitro groups is 1. The standard InChI is InChI=1S/C14H14N2O3S2/c1-9-5-6-21-13(9)8-15-14(17)11-7-10(20-2)3-4-12(11)16(18)19/h3-7H,8H2,1-2H3,(H,15,17). The van der Waals surface area contributed by atoms with Crippen LogP contribution < -0.4 is 5.32 Å². The summed E-state index contributed by atoms with van der Waals surface area (Å²) in [5.41, 5.74) is 1.03. The van der Waals surface area contributed by atoms with Crippen molar-refractivity contribution in [3.8, 4) is 0 Å². The molecule has 0 aliphatic carbocycles. The number of carbonyl (C=O) groups is 1. The highest BCUT2D eigenvalue weighted by molar-refractivity contribution is 7.98. The number of amides is 1. The van der Waals surface area contributed by atoms with Crippen LogP contribution >= 0.6 is 23.1 Å². The Labute approximate surface area is 130 Å². The van der Waals surface area contributed by atoms with Crippen LogP contribution in [0.1, 0.15) is 20.8 Å². The summed E-state index contributed by atoms with van der Waals surface area (Å²) in [5.74, 6) is -0.426. The van der Waals surface area contributed by atoms with Gasteiger partial charge < -0.3 is 5.32 Å². The summed E-state index contributed by atoms with van der Waals surface area (Å²) < 4.78 is 0. The highest BCUT2D eigenvalue weighted by Crippen LogP contribution is 2.25. The van der Waals surface area contributed by atoms with E-state index >= 15 is 0 Å². The smallest absolute Gasteiger partial charge is 0.282 e. The fourth-order valence-electron chi connectivity index (χ4n) is 1.82. The molecule has 1 aromatic carbocycles. The van der Waals surface area contributed by atoms with Crippen molar-refractivity contribution in [2.75, 3.05) is 6.26 Å². The second-order valence-corrected chi connectivity index (χ2v) is 6.23. The number of benzene rings is 1. The fourth-order valence-corrected chi connectivity index (χ4v) is 3.11. The second kappa shape index (κ2) is 6.73. The number of thiophene rings is 1. The lowest BCUT2D eigenvalue weighted by Crippen LogP contribution is -2.23. The van der Waals surface area contributed by atoms with E-state index < -0.39 is 10.8 Å². The van der Waals surface area contributed by atoms with Gasteiger partial charge in [0.25, 0.3) is 11.6 Å². The first-order valence-electron chi connectivity index (χ1n) is 6.16.